The molecule has 0 spiro atoms. The molecule has 1 aliphatic heterocycles. The lowest BCUT2D eigenvalue weighted by Gasteiger charge is -2.70. The molecule has 2 N–H and O–H groups in total. The van der Waals surface area contributed by atoms with E-state index in [9.17, 15) is 14.0 Å². The number of nitrogens with one attached hydrogen (secondary N) is 2. The van der Waals surface area contributed by atoms with Crippen molar-refractivity contribution >= 4 is 23.4 Å². The summed E-state index contributed by atoms with van der Waals surface area (Å²) in [7, 11) is 1.60. The minimum Gasteiger partial charge on any atom is -0.497 e. The summed E-state index contributed by atoms with van der Waals surface area (Å²) >= 11 is 5.64. The number of fused-ring (bicyclic) bond motifs is 1. The number of amides is 2. The van der Waals surface area contributed by atoms with Crippen LogP contribution in [0.5, 0.6) is 17.2 Å². The van der Waals surface area contributed by atoms with Crippen molar-refractivity contribution in [1.82, 2.24) is 10.6 Å². The van der Waals surface area contributed by atoms with Crippen LogP contribution in [0.25, 0.3) is 0 Å². The van der Waals surface area contributed by atoms with E-state index in [1.165, 1.54) is 12.1 Å². The topological polar surface area (TPSA) is 85.9 Å². The van der Waals surface area contributed by atoms with Gasteiger partial charge in [0.25, 0.3) is 11.8 Å². The van der Waals surface area contributed by atoms with Gasteiger partial charge in [-0.2, -0.15) is 0 Å². The van der Waals surface area contributed by atoms with Crippen molar-refractivity contribution < 1.29 is 28.2 Å². The van der Waals surface area contributed by atoms with Crippen LogP contribution in [0.3, 0.4) is 0 Å². The number of rotatable bonds is 7. The zero-order valence-corrected chi connectivity index (χ0v) is 18.1. The van der Waals surface area contributed by atoms with E-state index in [0.717, 1.165) is 17.4 Å². The molecule has 1 unspecified atom stereocenters. The third kappa shape index (κ3) is 3.72. The van der Waals surface area contributed by atoms with Gasteiger partial charge in [0.1, 0.15) is 23.1 Å². The molecule has 4 aliphatic rings. The summed E-state index contributed by atoms with van der Waals surface area (Å²) < 4.78 is 29.8. The molecular weight excluding hydrogens is 439 g/mol. The summed E-state index contributed by atoms with van der Waals surface area (Å²) in [5.41, 5.74) is 0.345. The van der Waals surface area contributed by atoms with Crippen LogP contribution in [-0.2, 0) is 16.0 Å². The van der Waals surface area contributed by atoms with E-state index >= 15 is 0 Å². The minimum absolute atomic E-state index is 0.00498. The number of methoxy groups -OCH3 is 1. The van der Waals surface area contributed by atoms with Crippen LogP contribution in [0, 0.1) is 5.82 Å². The number of ether oxygens (including phenoxy) is 3. The second kappa shape index (κ2) is 7.55. The molecule has 6 rings (SSSR count). The molecule has 9 heteroatoms. The Bertz CT molecular complexity index is 1090. The molecule has 3 fully saturated rings. The van der Waals surface area contributed by atoms with Crippen molar-refractivity contribution in [2.75, 3.05) is 13.7 Å². The molecule has 32 heavy (non-hydrogen) atoms. The lowest BCUT2D eigenvalue weighted by atomic mass is 9.44. The van der Waals surface area contributed by atoms with Crippen LogP contribution >= 0.6 is 11.6 Å². The van der Waals surface area contributed by atoms with E-state index in [-0.39, 0.29) is 40.3 Å². The van der Waals surface area contributed by atoms with Gasteiger partial charge >= 0.3 is 0 Å². The molecule has 168 valence electrons. The molecule has 2 amide bonds. The quantitative estimate of drug-likeness (QED) is 0.663. The van der Waals surface area contributed by atoms with Crippen molar-refractivity contribution in [3.8, 4) is 17.2 Å². The first-order valence-corrected chi connectivity index (χ1v) is 10.7. The van der Waals surface area contributed by atoms with Gasteiger partial charge in [-0.05, 0) is 49.6 Å². The minimum atomic E-state index is -0.602. The van der Waals surface area contributed by atoms with E-state index in [0.29, 0.717) is 31.4 Å². The van der Waals surface area contributed by atoms with Crippen LogP contribution in [0.1, 0.15) is 24.8 Å². The van der Waals surface area contributed by atoms with Crippen LogP contribution in [-0.4, -0.2) is 42.7 Å². The molecule has 7 nitrogen and oxygen atoms in total. The van der Waals surface area contributed by atoms with E-state index in [4.69, 9.17) is 25.8 Å². The lowest BCUT2D eigenvalue weighted by molar-refractivity contribution is -0.153. The Labute approximate surface area is 189 Å². The SMILES string of the molecule is COc1ccc2c(c1)CC(C(=O)NC13CC(NC(=O)COc4ccc(Cl)c(F)c4)(C1)C3)O2. The molecule has 0 radical (unpaired) electrons. The highest BCUT2D eigenvalue weighted by atomic mass is 35.5. The third-order valence-corrected chi connectivity index (χ3v) is 6.63. The number of hydrogen-bond donors (Lipinski definition) is 2. The molecule has 1 atom stereocenters. The van der Waals surface area contributed by atoms with Gasteiger partial charge in [-0.25, -0.2) is 4.39 Å². The lowest BCUT2D eigenvalue weighted by Crippen LogP contribution is -2.84. The van der Waals surface area contributed by atoms with Crippen molar-refractivity contribution in [2.24, 2.45) is 0 Å². The summed E-state index contributed by atoms with van der Waals surface area (Å²) in [4.78, 5) is 25.0. The van der Waals surface area contributed by atoms with E-state index in [1.807, 2.05) is 12.1 Å². The summed E-state index contributed by atoms with van der Waals surface area (Å²) in [6.07, 6.45) is 1.94. The predicted octanol–water partition coefficient (Wildman–Crippen LogP) is 2.78. The van der Waals surface area contributed by atoms with Crippen LogP contribution in [0.2, 0.25) is 5.02 Å². The smallest absolute Gasteiger partial charge is 0.261 e. The van der Waals surface area contributed by atoms with Gasteiger partial charge in [-0.1, -0.05) is 11.6 Å². The Morgan fingerprint density at radius 2 is 1.84 bits per heavy atom. The predicted molar refractivity (Wildman–Crippen MR) is 114 cm³/mol. The maximum absolute atomic E-state index is 13.5. The maximum atomic E-state index is 13.5. The zero-order chi connectivity index (χ0) is 22.5. The Balaban J connectivity index is 1.08. The van der Waals surface area contributed by atoms with Crippen LogP contribution in [0.15, 0.2) is 36.4 Å². The molecule has 3 saturated carbocycles. The molecule has 1 heterocycles. The molecule has 0 saturated heterocycles. The largest absolute Gasteiger partial charge is 0.497 e. The molecule has 0 aromatic heterocycles. The summed E-state index contributed by atoms with van der Waals surface area (Å²) in [5.74, 6) is 0.633. The summed E-state index contributed by atoms with van der Waals surface area (Å²) in [6, 6.07) is 9.52. The van der Waals surface area contributed by atoms with Gasteiger partial charge in [-0.3, -0.25) is 9.59 Å². The average molecular weight is 461 g/mol. The van der Waals surface area contributed by atoms with E-state index in [1.54, 1.807) is 13.2 Å². The third-order valence-electron chi connectivity index (χ3n) is 6.32. The highest BCUT2D eigenvalue weighted by Gasteiger charge is 2.69. The summed E-state index contributed by atoms with van der Waals surface area (Å²) in [6.45, 7) is -0.222. The Hall–Kier alpha value is -3.00. The van der Waals surface area contributed by atoms with Gasteiger partial charge in [-0.15, -0.1) is 0 Å². The number of halogens is 2. The fourth-order valence-corrected chi connectivity index (χ4v) is 5.06. The number of hydrogen-bond acceptors (Lipinski definition) is 5. The molecule has 2 aromatic rings. The second-order valence-electron chi connectivity index (χ2n) is 8.78. The van der Waals surface area contributed by atoms with E-state index in [2.05, 4.69) is 10.6 Å². The fraction of sp³-hybridized carbons (Fsp3) is 0.391. The standard InChI is InChI=1S/C23H22ClFN2O5/c1-30-14-3-5-18-13(6-14)7-19(32-18)21(29)27-23-10-22(11-23,12-23)26-20(28)9-31-15-2-4-16(24)17(25)8-15/h2-6,8,19H,7,9-12H2,1H3,(H,26,28)(H,27,29). The van der Waals surface area contributed by atoms with Crippen LogP contribution in [0.4, 0.5) is 4.39 Å². The monoisotopic (exact) mass is 460 g/mol. The highest BCUT2D eigenvalue weighted by molar-refractivity contribution is 6.30. The molecule has 3 aliphatic carbocycles. The number of carbonyl (C=O) groups is 2. The highest BCUT2D eigenvalue weighted by Crippen LogP contribution is 2.60. The number of carbonyl (C=O) groups excluding carboxylic acids is 2. The second-order valence-corrected chi connectivity index (χ2v) is 9.18. The Morgan fingerprint density at radius 1 is 1.12 bits per heavy atom. The first kappa shape index (κ1) is 20.9. The van der Waals surface area contributed by atoms with Gasteiger partial charge in [0, 0.05) is 29.1 Å². The van der Waals surface area contributed by atoms with Gasteiger partial charge < -0.3 is 24.8 Å². The summed E-state index contributed by atoms with van der Waals surface area (Å²) in [5, 5.41) is 6.06. The Kier molecular flexibility index (Phi) is 4.93. The van der Waals surface area contributed by atoms with E-state index < -0.39 is 11.9 Å². The fourth-order valence-electron chi connectivity index (χ4n) is 4.94. The van der Waals surface area contributed by atoms with Crippen LogP contribution < -0.4 is 24.8 Å². The maximum Gasteiger partial charge on any atom is 0.261 e. The van der Waals surface area contributed by atoms with Gasteiger partial charge in [0.15, 0.2) is 12.7 Å². The van der Waals surface area contributed by atoms with Gasteiger partial charge in [0.2, 0.25) is 0 Å². The molecule has 2 bridgehead atoms. The molecular formula is C23H22ClFN2O5. The van der Waals surface area contributed by atoms with Crippen molar-refractivity contribution in [2.45, 2.75) is 42.9 Å². The van der Waals surface area contributed by atoms with Gasteiger partial charge in [0.05, 0.1) is 12.1 Å². The normalized spacial score (nSPS) is 26.7. The first-order valence-electron chi connectivity index (χ1n) is 10.3. The van der Waals surface area contributed by atoms with Crippen molar-refractivity contribution in [1.29, 1.82) is 0 Å². The first-order chi connectivity index (χ1) is 15.3. The average Bonchev–Trinajstić information content (AvgIpc) is 3.15. The Morgan fingerprint density at radius 3 is 2.56 bits per heavy atom. The van der Waals surface area contributed by atoms with Crippen molar-refractivity contribution in [3.63, 3.8) is 0 Å². The van der Waals surface area contributed by atoms with Crippen molar-refractivity contribution in [3.05, 3.63) is 52.8 Å². The molecule has 2 aromatic carbocycles. The zero-order valence-electron chi connectivity index (χ0n) is 17.4. The number of benzene rings is 2.